The van der Waals surface area contributed by atoms with Gasteiger partial charge in [0, 0.05) is 16.1 Å². The average Bonchev–Trinajstić information content (AvgIpc) is 2.91. The summed E-state index contributed by atoms with van der Waals surface area (Å²) in [6.45, 7) is 1.68. The van der Waals surface area contributed by atoms with Crippen LogP contribution in [0.5, 0.6) is 0 Å². The van der Waals surface area contributed by atoms with Gasteiger partial charge in [0.05, 0.1) is 10.9 Å². The number of fused-ring (bicyclic) bond motifs is 1. The van der Waals surface area contributed by atoms with Crippen LogP contribution >= 0.6 is 35.0 Å². The van der Waals surface area contributed by atoms with Crippen molar-refractivity contribution in [3.63, 3.8) is 0 Å². The van der Waals surface area contributed by atoms with E-state index in [2.05, 4.69) is 10.3 Å². The first-order valence-corrected chi connectivity index (χ1v) is 8.54. The van der Waals surface area contributed by atoms with Crippen LogP contribution in [0.4, 0.5) is 10.1 Å². The average molecular weight is 385 g/mol. The van der Waals surface area contributed by atoms with Crippen molar-refractivity contribution in [3.05, 3.63) is 52.3 Å². The molecule has 0 saturated carbocycles. The fourth-order valence-corrected chi connectivity index (χ4v) is 3.04. The predicted octanol–water partition coefficient (Wildman–Crippen LogP) is 5.39. The molecule has 24 heavy (non-hydrogen) atoms. The lowest BCUT2D eigenvalue weighted by molar-refractivity contribution is -0.115. The van der Waals surface area contributed by atoms with E-state index in [4.69, 9.17) is 27.6 Å². The number of aromatic nitrogens is 1. The number of thioether (sulfide) groups is 1. The number of nitrogens with zero attached hydrogens (tertiary/aromatic N) is 1. The molecule has 4 nitrogen and oxygen atoms in total. The third-order valence-corrected chi connectivity index (χ3v) is 4.58. The van der Waals surface area contributed by atoms with Gasteiger partial charge in [0.2, 0.25) is 5.91 Å². The highest BCUT2D eigenvalue weighted by Crippen LogP contribution is 2.29. The summed E-state index contributed by atoms with van der Waals surface area (Å²) < 4.78 is 19.3. The summed E-state index contributed by atoms with van der Waals surface area (Å²) in [5.74, 6) is -0.967. The molecule has 0 spiro atoms. The SMILES string of the molecule is C[C@H](Sc1nc2ccc(Cl)cc2o1)C(=O)Nc1ccc(Cl)cc1F. The molecule has 0 saturated heterocycles. The Morgan fingerprint density at radius 3 is 2.71 bits per heavy atom. The smallest absolute Gasteiger partial charge is 0.257 e. The molecule has 0 unspecified atom stereocenters. The number of halogens is 3. The molecule has 1 N–H and O–H groups in total. The molecular formula is C16H11Cl2FN2O2S. The molecular weight excluding hydrogens is 374 g/mol. The Balaban J connectivity index is 1.70. The van der Waals surface area contributed by atoms with Crippen LogP contribution in [0.15, 0.2) is 46.0 Å². The first-order chi connectivity index (χ1) is 11.4. The van der Waals surface area contributed by atoms with Crippen LogP contribution < -0.4 is 5.32 Å². The van der Waals surface area contributed by atoms with E-state index in [-0.39, 0.29) is 16.6 Å². The second-order valence-corrected chi connectivity index (χ2v) is 7.13. The highest BCUT2D eigenvalue weighted by molar-refractivity contribution is 8.00. The lowest BCUT2D eigenvalue weighted by Crippen LogP contribution is -2.22. The van der Waals surface area contributed by atoms with E-state index in [0.29, 0.717) is 21.3 Å². The fraction of sp³-hybridized carbons (Fsp3) is 0.125. The summed E-state index contributed by atoms with van der Waals surface area (Å²) in [6, 6.07) is 9.15. The molecule has 0 radical (unpaired) electrons. The van der Waals surface area contributed by atoms with Crippen molar-refractivity contribution in [2.24, 2.45) is 0 Å². The predicted molar refractivity (Wildman–Crippen MR) is 94.4 cm³/mol. The van der Waals surface area contributed by atoms with Crippen LogP contribution in [0.3, 0.4) is 0 Å². The number of carbonyl (C=O) groups is 1. The standard InChI is InChI=1S/C16H11Cl2FN2O2S/c1-8(15(22)20-12-4-2-9(17)6-11(12)19)24-16-21-13-5-3-10(18)7-14(13)23-16/h2-8H,1H3,(H,20,22)/t8-/m0/s1. The Bertz CT molecular complexity index is 916. The number of rotatable bonds is 4. The van der Waals surface area contributed by atoms with Gasteiger partial charge in [-0.3, -0.25) is 4.79 Å². The highest BCUT2D eigenvalue weighted by atomic mass is 35.5. The molecule has 8 heteroatoms. The van der Waals surface area contributed by atoms with Crippen LogP contribution in [0.2, 0.25) is 10.0 Å². The zero-order valence-corrected chi connectivity index (χ0v) is 14.7. The van der Waals surface area contributed by atoms with E-state index >= 15 is 0 Å². The van der Waals surface area contributed by atoms with Gasteiger partial charge < -0.3 is 9.73 Å². The Labute approximate surface area is 151 Å². The summed E-state index contributed by atoms with van der Waals surface area (Å²) >= 11 is 12.7. The lowest BCUT2D eigenvalue weighted by Gasteiger charge is -2.10. The van der Waals surface area contributed by atoms with Gasteiger partial charge in [-0.05, 0) is 37.3 Å². The summed E-state index contributed by atoms with van der Waals surface area (Å²) in [4.78, 5) is 16.5. The van der Waals surface area contributed by atoms with Gasteiger partial charge in [-0.25, -0.2) is 9.37 Å². The maximum absolute atomic E-state index is 13.7. The quantitative estimate of drug-likeness (QED) is 0.612. The van der Waals surface area contributed by atoms with E-state index < -0.39 is 11.1 Å². The summed E-state index contributed by atoms with van der Waals surface area (Å²) in [7, 11) is 0. The van der Waals surface area contributed by atoms with E-state index in [1.54, 1.807) is 25.1 Å². The minimum Gasteiger partial charge on any atom is -0.431 e. The van der Waals surface area contributed by atoms with Crippen molar-refractivity contribution in [1.29, 1.82) is 0 Å². The molecule has 0 bridgehead atoms. The van der Waals surface area contributed by atoms with Gasteiger partial charge >= 0.3 is 0 Å². The van der Waals surface area contributed by atoms with E-state index in [9.17, 15) is 9.18 Å². The Morgan fingerprint density at radius 1 is 1.25 bits per heavy atom. The maximum Gasteiger partial charge on any atom is 0.257 e. The lowest BCUT2D eigenvalue weighted by atomic mass is 10.3. The van der Waals surface area contributed by atoms with Crippen molar-refractivity contribution in [3.8, 4) is 0 Å². The number of anilines is 1. The van der Waals surface area contributed by atoms with E-state index in [1.807, 2.05) is 0 Å². The summed E-state index contributed by atoms with van der Waals surface area (Å²) in [5, 5.41) is 3.12. The number of nitrogens with one attached hydrogen (secondary N) is 1. The minimum absolute atomic E-state index is 0.0706. The first-order valence-electron chi connectivity index (χ1n) is 6.91. The normalized spacial score (nSPS) is 12.3. The number of hydrogen-bond acceptors (Lipinski definition) is 4. The van der Waals surface area contributed by atoms with Crippen molar-refractivity contribution in [2.75, 3.05) is 5.32 Å². The van der Waals surface area contributed by atoms with E-state index in [0.717, 1.165) is 17.8 Å². The Kier molecular flexibility index (Phi) is 4.99. The molecule has 2 aromatic carbocycles. The summed E-state index contributed by atoms with van der Waals surface area (Å²) in [6.07, 6.45) is 0. The Morgan fingerprint density at radius 2 is 1.96 bits per heavy atom. The van der Waals surface area contributed by atoms with Crippen LogP contribution in [0.1, 0.15) is 6.92 Å². The molecule has 0 fully saturated rings. The zero-order chi connectivity index (χ0) is 17.3. The molecule has 3 aromatic rings. The van der Waals surface area contributed by atoms with Gasteiger partial charge in [-0.2, -0.15) is 0 Å². The van der Waals surface area contributed by atoms with Crippen molar-refractivity contribution in [1.82, 2.24) is 4.98 Å². The molecule has 1 heterocycles. The number of benzene rings is 2. The number of carbonyl (C=O) groups excluding carboxylic acids is 1. The van der Waals surface area contributed by atoms with Crippen molar-refractivity contribution in [2.45, 2.75) is 17.4 Å². The number of oxazole rings is 1. The van der Waals surface area contributed by atoms with Gasteiger partial charge in [0.1, 0.15) is 11.3 Å². The minimum atomic E-state index is -0.593. The van der Waals surface area contributed by atoms with Crippen molar-refractivity contribution >= 4 is 57.7 Å². The van der Waals surface area contributed by atoms with Crippen LogP contribution in [0.25, 0.3) is 11.1 Å². The molecule has 1 aromatic heterocycles. The molecule has 124 valence electrons. The number of amides is 1. The van der Waals surface area contributed by atoms with E-state index in [1.165, 1.54) is 12.1 Å². The molecule has 1 atom stereocenters. The molecule has 0 aliphatic carbocycles. The molecule has 0 aliphatic heterocycles. The molecule has 1 amide bonds. The first kappa shape index (κ1) is 17.1. The van der Waals surface area contributed by atoms with Crippen LogP contribution in [-0.4, -0.2) is 16.1 Å². The zero-order valence-electron chi connectivity index (χ0n) is 12.3. The third kappa shape index (κ3) is 3.83. The second kappa shape index (κ2) is 7.01. The third-order valence-electron chi connectivity index (χ3n) is 3.17. The molecule has 0 aliphatic rings. The topological polar surface area (TPSA) is 55.1 Å². The monoisotopic (exact) mass is 384 g/mol. The fourth-order valence-electron chi connectivity index (χ4n) is 1.96. The van der Waals surface area contributed by atoms with Gasteiger partial charge in [0.15, 0.2) is 5.58 Å². The van der Waals surface area contributed by atoms with Gasteiger partial charge in [0.25, 0.3) is 5.22 Å². The van der Waals surface area contributed by atoms with Crippen LogP contribution in [-0.2, 0) is 4.79 Å². The maximum atomic E-state index is 13.7. The van der Waals surface area contributed by atoms with Crippen molar-refractivity contribution < 1.29 is 13.6 Å². The number of hydrogen-bond donors (Lipinski definition) is 1. The second-order valence-electron chi connectivity index (χ2n) is 4.97. The van der Waals surface area contributed by atoms with Gasteiger partial charge in [-0.15, -0.1) is 0 Å². The largest absolute Gasteiger partial charge is 0.431 e. The van der Waals surface area contributed by atoms with Crippen LogP contribution in [0, 0.1) is 5.82 Å². The molecule has 3 rings (SSSR count). The van der Waals surface area contributed by atoms with Gasteiger partial charge in [-0.1, -0.05) is 35.0 Å². The summed E-state index contributed by atoms with van der Waals surface area (Å²) in [5.41, 5.74) is 1.26. The Hall–Kier alpha value is -1.76. The highest BCUT2D eigenvalue weighted by Gasteiger charge is 2.19.